The number of hydrogen-bond donors (Lipinski definition) is 0. The molecule has 1 aromatic carbocycles. The van der Waals surface area contributed by atoms with Crippen LogP contribution >= 0.6 is 0 Å². The average molecular weight is 219 g/mol. The van der Waals surface area contributed by atoms with Crippen LogP contribution in [0.3, 0.4) is 0 Å². The van der Waals surface area contributed by atoms with Crippen molar-refractivity contribution in [2.75, 3.05) is 0 Å². The number of rotatable bonds is 1. The van der Waals surface area contributed by atoms with Gasteiger partial charge in [-0.25, -0.2) is 4.98 Å². The van der Waals surface area contributed by atoms with Crippen LogP contribution in [0, 0.1) is 11.3 Å². The van der Waals surface area contributed by atoms with Crippen LogP contribution in [0.2, 0.25) is 0 Å². The Morgan fingerprint density at radius 3 is 2.71 bits per heavy atom. The van der Waals surface area contributed by atoms with Crippen LogP contribution in [0.4, 0.5) is 0 Å². The molecule has 17 heavy (non-hydrogen) atoms. The average Bonchev–Trinajstić information content (AvgIpc) is 2.86. The second kappa shape index (κ2) is 3.76. The highest BCUT2D eigenvalue weighted by Gasteiger charge is 2.05. The maximum atomic E-state index is 9.12. The first-order valence-electron chi connectivity index (χ1n) is 5.31. The molecule has 0 saturated heterocycles. The fourth-order valence-electron chi connectivity index (χ4n) is 1.90. The number of imidazole rings is 1. The van der Waals surface area contributed by atoms with Gasteiger partial charge in [-0.05, 0) is 17.2 Å². The van der Waals surface area contributed by atoms with Gasteiger partial charge in [0.25, 0.3) is 0 Å². The predicted molar refractivity (Wildman–Crippen MR) is 65.3 cm³/mol. The first-order valence-corrected chi connectivity index (χ1v) is 5.31. The molecule has 3 heteroatoms. The molecule has 0 saturated carbocycles. The Kier molecular flexibility index (Phi) is 2.13. The van der Waals surface area contributed by atoms with E-state index in [0.717, 1.165) is 11.1 Å². The summed E-state index contributed by atoms with van der Waals surface area (Å²) in [5.41, 5.74) is 3.41. The molecule has 3 nitrogen and oxygen atoms in total. The molecule has 0 N–H and O–H groups in total. The first kappa shape index (κ1) is 9.61. The molecule has 2 heterocycles. The van der Waals surface area contributed by atoms with E-state index in [4.69, 9.17) is 5.26 Å². The number of benzene rings is 1. The molecule has 0 spiro atoms. The summed E-state index contributed by atoms with van der Waals surface area (Å²) in [6, 6.07) is 14.1. The Balaban J connectivity index is 2.29. The molecule has 80 valence electrons. The van der Waals surface area contributed by atoms with Crippen molar-refractivity contribution >= 4 is 5.65 Å². The van der Waals surface area contributed by atoms with Crippen LogP contribution in [-0.4, -0.2) is 9.38 Å². The van der Waals surface area contributed by atoms with E-state index in [1.807, 2.05) is 53.2 Å². The number of nitrogens with zero attached hydrogens (tertiary/aromatic N) is 3. The maximum Gasteiger partial charge on any atom is 0.154 e. The summed E-state index contributed by atoms with van der Waals surface area (Å²) < 4.78 is 1.88. The highest BCUT2D eigenvalue weighted by atomic mass is 15.0. The second-order valence-corrected chi connectivity index (χ2v) is 3.78. The topological polar surface area (TPSA) is 41.1 Å². The van der Waals surface area contributed by atoms with Gasteiger partial charge in [0, 0.05) is 18.6 Å². The first-order chi connectivity index (χ1) is 8.38. The lowest BCUT2D eigenvalue weighted by atomic mass is 10.1. The van der Waals surface area contributed by atoms with E-state index >= 15 is 0 Å². The van der Waals surface area contributed by atoms with Crippen molar-refractivity contribution in [3.05, 3.63) is 60.6 Å². The van der Waals surface area contributed by atoms with E-state index in [0.29, 0.717) is 11.2 Å². The van der Waals surface area contributed by atoms with E-state index in [1.54, 1.807) is 6.20 Å². The quantitative estimate of drug-likeness (QED) is 0.631. The number of fused-ring (bicyclic) bond motifs is 1. The monoisotopic (exact) mass is 219 g/mol. The van der Waals surface area contributed by atoms with E-state index in [9.17, 15) is 0 Å². The molecule has 2 aromatic heterocycles. The highest BCUT2D eigenvalue weighted by molar-refractivity contribution is 5.69. The summed E-state index contributed by atoms with van der Waals surface area (Å²) in [5, 5.41) is 9.12. The van der Waals surface area contributed by atoms with Gasteiger partial charge in [-0.3, -0.25) is 0 Å². The summed E-state index contributed by atoms with van der Waals surface area (Å²) in [6.07, 6.45) is 5.53. The van der Waals surface area contributed by atoms with Gasteiger partial charge in [-0.15, -0.1) is 0 Å². The van der Waals surface area contributed by atoms with Crippen molar-refractivity contribution in [2.45, 2.75) is 0 Å². The molecular formula is C14H9N3. The van der Waals surface area contributed by atoms with Crippen LogP contribution in [0.5, 0.6) is 0 Å². The maximum absolute atomic E-state index is 9.12. The molecule has 3 aromatic rings. The lowest BCUT2D eigenvalue weighted by molar-refractivity contribution is 1.18. The third kappa shape index (κ3) is 1.56. The molecule has 0 radical (unpaired) electrons. The van der Waals surface area contributed by atoms with Gasteiger partial charge in [0.15, 0.2) is 5.65 Å². The van der Waals surface area contributed by atoms with E-state index in [1.165, 1.54) is 0 Å². The molecule has 0 aliphatic heterocycles. The molecule has 0 unspecified atom stereocenters. The minimum atomic E-state index is 0.594. The van der Waals surface area contributed by atoms with E-state index in [-0.39, 0.29) is 0 Å². The zero-order valence-electron chi connectivity index (χ0n) is 9.04. The fraction of sp³-hybridized carbons (Fsp3) is 0. The number of nitriles is 1. The standard InChI is InChI=1S/C14H9N3/c15-9-12-8-13(11-4-2-1-3-5-11)10-17-7-6-16-14(12)17/h1-8,10H. The lowest BCUT2D eigenvalue weighted by Gasteiger charge is -2.04. The Bertz CT molecular complexity index is 705. The Labute approximate surface area is 98.6 Å². The molecule has 0 aliphatic carbocycles. The molecule has 3 rings (SSSR count). The Morgan fingerprint density at radius 2 is 1.94 bits per heavy atom. The number of hydrogen-bond acceptors (Lipinski definition) is 2. The fourth-order valence-corrected chi connectivity index (χ4v) is 1.90. The Morgan fingerprint density at radius 1 is 1.12 bits per heavy atom. The minimum absolute atomic E-state index is 0.594. The van der Waals surface area contributed by atoms with Crippen LogP contribution < -0.4 is 0 Å². The van der Waals surface area contributed by atoms with Crippen molar-refractivity contribution in [2.24, 2.45) is 0 Å². The van der Waals surface area contributed by atoms with Gasteiger partial charge in [0.1, 0.15) is 6.07 Å². The third-order valence-electron chi connectivity index (χ3n) is 2.72. The van der Waals surface area contributed by atoms with Crippen molar-refractivity contribution < 1.29 is 0 Å². The molecular weight excluding hydrogens is 210 g/mol. The van der Waals surface area contributed by atoms with Crippen LogP contribution in [0.15, 0.2) is 55.0 Å². The predicted octanol–water partition coefficient (Wildman–Crippen LogP) is 2.87. The van der Waals surface area contributed by atoms with Gasteiger partial charge >= 0.3 is 0 Å². The van der Waals surface area contributed by atoms with Gasteiger partial charge in [0.2, 0.25) is 0 Å². The summed E-state index contributed by atoms with van der Waals surface area (Å²) in [6.45, 7) is 0. The van der Waals surface area contributed by atoms with Crippen LogP contribution in [0.1, 0.15) is 5.56 Å². The summed E-state index contributed by atoms with van der Waals surface area (Å²) in [5.74, 6) is 0. The van der Waals surface area contributed by atoms with Gasteiger partial charge in [-0.2, -0.15) is 5.26 Å². The smallest absolute Gasteiger partial charge is 0.154 e. The van der Waals surface area contributed by atoms with E-state index < -0.39 is 0 Å². The summed E-state index contributed by atoms with van der Waals surface area (Å²) in [7, 11) is 0. The molecule has 0 atom stereocenters. The molecule has 0 amide bonds. The van der Waals surface area contributed by atoms with Crippen molar-refractivity contribution in [1.29, 1.82) is 5.26 Å². The van der Waals surface area contributed by atoms with E-state index in [2.05, 4.69) is 11.1 Å². The second-order valence-electron chi connectivity index (χ2n) is 3.78. The highest BCUT2D eigenvalue weighted by Crippen LogP contribution is 2.21. The molecule has 0 aliphatic rings. The minimum Gasteiger partial charge on any atom is -0.305 e. The van der Waals surface area contributed by atoms with Gasteiger partial charge < -0.3 is 4.40 Å². The van der Waals surface area contributed by atoms with Crippen molar-refractivity contribution in [3.63, 3.8) is 0 Å². The zero-order chi connectivity index (χ0) is 11.7. The Hall–Kier alpha value is -2.60. The van der Waals surface area contributed by atoms with Gasteiger partial charge in [-0.1, -0.05) is 30.3 Å². The van der Waals surface area contributed by atoms with Gasteiger partial charge in [0.05, 0.1) is 5.56 Å². The zero-order valence-corrected chi connectivity index (χ0v) is 9.04. The summed E-state index contributed by atoms with van der Waals surface area (Å²) in [4.78, 5) is 4.16. The van der Waals surface area contributed by atoms with Crippen molar-refractivity contribution in [1.82, 2.24) is 9.38 Å². The normalized spacial score (nSPS) is 10.3. The van der Waals surface area contributed by atoms with Crippen LogP contribution in [-0.2, 0) is 0 Å². The van der Waals surface area contributed by atoms with Crippen molar-refractivity contribution in [3.8, 4) is 17.2 Å². The largest absolute Gasteiger partial charge is 0.305 e. The number of pyridine rings is 1. The third-order valence-corrected chi connectivity index (χ3v) is 2.72. The van der Waals surface area contributed by atoms with Crippen LogP contribution in [0.25, 0.3) is 16.8 Å². The lowest BCUT2D eigenvalue weighted by Crippen LogP contribution is -1.90. The summed E-state index contributed by atoms with van der Waals surface area (Å²) >= 11 is 0. The SMILES string of the molecule is N#Cc1cc(-c2ccccc2)cn2ccnc12. The number of aromatic nitrogens is 2. The molecule has 0 bridgehead atoms. The molecule has 0 fully saturated rings.